The lowest BCUT2D eigenvalue weighted by Gasteiger charge is -2.57. The molecule has 5 fully saturated rings. The first kappa shape index (κ1) is 19.6. The first-order valence-electron chi connectivity index (χ1n) is 11.6. The van der Waals surface area contributed by atoms with Gasteiger partial charge in [0.1, 0.15) is 11.3 Å². The molecular formula is C24H31N3O4. The summed E-state index contributed by atoms with van der Waals surface area (Å²) in [6, 6.07) is 5.73. The van der Waals surface area contributed by atoms with E-state index in [9.17, 15) is 14.7 Å². The molecule has 6 rings (SSSR count). The number of nitrogens with one attached hydrogen (secondary N) is 2. The van der Waals surface area contributed by atoms with E-state index in [0.29, 0.717) is 25.2 Å². The van der Waals surface area contributed by atoms with E-state index in [1.165, 1.54) is 12.8 Å². The first-order valence-corrected chi connectivity index (χ1v) is 11.6. The Morgan fingerprint density at radius 1 is 1.26 bits per heavy atom. The molecular weight excluding hydrogens is 394 g/mol. The van der Waals surface area contributed by atoms with E-state index in [1.807, 2.05) is 18.2 Å². The summed E-state index contributed by atoms with van der Waals surface area (Å²) in [5, 5.41) is 17.9. The minimum Gasteiger partial charge on any atom is -0.497 e. The predicted molar refractivity (Wildman–Crippen MR) is 114 cm³/mol. The summed E-state index contributed by atoms with van der Waals surface area (Å²) in [6.45, 7) is 4.15. The number of fused-ring (bicyclic) bond motifs is 3. The van der Waals surface area contributed by atoms with E-state index >= 15 is 0 Å². The van der Waals surface area contributed by atoms with Crippen LogP contribution in [0.3, 0.4) is 0 Å². The van der Waals surface area contributed by atoms with Gasteiger partial charge in [0.05, 0.1) is 12.7 Å². The van der Waals surface area contributed by atoms with Crippen molar-refractivity contribution in [2.45, 2.75) is 68.0 Å². The van der Waals surface area contributed by atoms with Gasteiger partial charge in [-0.25, -0.2) is 4.79 Å². The van der Waals surface area contributed by atoms with E-state index in [1.54, 1.807) is 7.11 Å². The second-order valence-electron chi connectivity index (χ2n) is 10.7. The molecule has 1 aromatic rings. The predicted octanol–water partition coefficient (Wildman–Crippen LogP) is 1.85. The molecule has 3 saturated carbocycles. The second kappa shape index (κ2) is 6.23. The van der Waals surface area contributed by atoms with Gasteiger partial charge in [-0.2, -0.15) is 0 Å². The number of aryl methyl sites for hydroxylation is 1. The molecule has 2 aliphatic heterocycles. The average molecular weight is 426 g/mol. The van der Waals surface area contributed by atoms with Crippen LogP contribution in [0.15, 0.2) is 18.2 Å². The Morgan fingerprint density at radius 2 is 2.06 bits per heavy atom. The molecule has 2 heterocycles. The highest BCUT2D eigenvalue weighted by atomic mass is 16.5. The van der Waals surface area contributed by atoms with E-state index in [4.69, 9.17) is 4.74 Å². The Balaban J connectivity index is 1.48. The first-order chi connectivity index (χ1) is 14.8. The van der Waals surface area contributed by atoms with Gasteiger partial charge in [0, 0.05) is 24.5 Å². The highest BCUT2D eigenvalue weighted by Gasteiger charge is 2.74. The molecule has 5 aliphatic rings. The maximum absolute atomic E-state index is 12.9. The molecule has 166 valence electrons. The van der Waals surface area contributed by atoms with Gasteiger partial charge in [0.25, 0.3) is 5.91 Å². The zero-order valence-corrected chi connectivity index (χ0v) is 18.2. The smallest absolute Gasteiger partial charge is 0.322 e. The molecule has 1 unspecified atom stereocenters. The molecule has 3 amide bonds. The molecule has 0 radical (unpaired) electrons. The number of carbonyl (C=O) groups excluding carboxylic acids is 2. The number of ether oxygens (including phenoxy) is 1. The number of aliphatic hydroxyl groups is 1. The monoisotopic (exact) mass is 425 g/mol. The van der Waals surface area contributed by atoms with Gasteiger partial charge in [0.2, 0.25) is 0 Å². The van der Waals surface area contributed by atoms with E-state index < -0.39 is 22.6 Å². The Morgan fingerprint density at radius 3 is 2.74 bits per heavy atom. The van der Waals surface area contributed by atoms with Crippen LogP contribution in [0.2, 0.25) is 0 Å². The zero-order chi connectivity index (χ0) is 21.6. The molecule has 3 aliphatic carbocycles. The van der Waals surface area contributed by atoms with Crippen molar-refractivity contribution in [3.8, 4) is 5.75 Å². The number of urea groups is 1. The largest absolute Gasteiger partial charge is 0.497 e. The average Bonchev–Trinajstić information content (AvgIpc) is 3.45. The lowest BCUT2D eigenvalue weighted by molar-refractivity contribution is -0.148. The molecule has 7 heteroatoms. The van der Waals surface area contributed by atoms with Crippen molar-refractivity contribution in [2.24, 2.45) is 11.8 Å². The van der Waals surface area contributed by atoms with E-state index in [-0.39, 0.29) is 11.9 Å². The van der Waals surface area contributed by atoms with Gasteiger partial charge in [-0.15, -0.1) is 0 Å². The van der Waals surface area contributed by atoms with Crippen LogP contribution >= 0.6 is 0 Å². The normalized spacial score (nSPS) is 41.4. The maximum Gasteiger partial charge on any atom is 0.322 e. The molecule has 0 bridgehead atoms. The second-order valence-corrected chi connectivity index (χ2v) is 10.7. The summed E-state index contributed by atoms with van der Waals surface area (Å²) in [4.78, 5) is 27.5. The SMILES string of the molecule is COc1ccc(C)c([C@]23CC4CN(CC5CC5)[C@H]4[C@]2(O)CC[C@@]2(C3)NC(=O)NC2=O)c1. The zero-order valence-electron chi connectivity index (χ0n) is 18.2. The minimum absolute atomic E-state index is 0.121. The number of hydrogen-bond donors (Lipinski definition) is 3. The molecule has 3 N–H and O–H groups in total. The Kier molecular flexibility index (Phi) is 3.93. The molecule has 1 spiro atoms. The summed E-state index contributed by atoms with van der Waals surface area (Å²) in [5.41, 5.74) is -0.337. The van der Waals surface area contributed by atoms with Crippen molar-refractivity contribution in [1.29, 1.82) is 0 Å². The third-order valence-electron chi connectivity index (χ3n) is 8.94. The summed E-state index contributed by atoms with van der Waals surface area (Å²) in [6.07, 6.45) is 4.80. The molecule has 0 aromatic heterocycles. The summed E-state index contributed by atoms with van der Waals surface area (Å²) in [7, 11) is 1.65. The Bertz CT molecular complexity index is 978. The molecule has 5 atom stereocenters. The molecule has 2 saturated heterocycles. The maximum atomic E-state index is 12.9. The number of imide groups is 1. The topological polar surface area (TPSA) is 90.9 Å². The van der Waals surface area contributed by atoms with Gasteiger partial charge in [-0.3, -0.25) is 15.0 Å². The van der Waals surface area contributed by atoms with Crippen molar-refractivity contribution in [1.82, 2.24) is 15.5 Å². The van der Waals surface area contributed by atoms with Crippen molar-refractivity contribution in [2.75, 3.05) is 20.2 Å². The number of rotatable bonds is 4. The summed E-state index contributed by atoms with van der Waals surface area (Å²) < 4.78 is 5.54. The van der Waals surface area contributed by atoms with E-state index in [2.05, 4.69) is 22.5 Å². The highest BCUT2D eigenvalue weighted by molar-refractivity contribution is 6.07. The lowest BCUT2D eigenvalue weighted by atomic mass is 9.55. The van der Waals surface area contributed by atoms with Crippen LogP contribution in [0.4, 0.5) is 4.79 Å². The van der Waals surface area contributed by atoms with Crippen LogP contribution < -0.4 is 15.4 Å². The fraction of sp³-hybridized carbons (Fsp3) is 0.667. The standard InChI is InChI=1S/C24H31N3O4/c1-14-3-6-17(31-2)9-18(14)22-10-16-12-27(11-15-4-5-15)19(16)24(22,30)8-7-23(13-22)20(28)25-21(29)26-23/h3,6,9,15-16,19,30H,4-5,7-8,10-13H2,1-2H3,(H2,25,26,28,29)/t16?,19-,22-,23+,24-/m1/s1. The fourth-order valence-electron chi connectivity index (χ4n) is 7.40. The van der Waals surface area contributed by atoms with Crippen LogP contribution in [-0.4, -0.2) is 59.3 Å². The number of likely N-dealkylation sites (tertiary alicyclic amines) is 1. The highest BCUT2D eigenvalue weighted by Crippen LogP contribution is 2.65. The molecule has 31 heavy (non-hydrogen) atoms. The lowest BCUT2D eigenvalue weighted by Crippen LogP contribution is -2.70. The van der Waals surface area contributed by atoms with Crippen molar-refractivity contribution in [3.05, 3.63) is 29.3 Å². The van der Waals surface area contributed by atoms with Crippen LogP contribution in [-0.2, 0) is 10.2 Å². The number of amides is 3. The van der Waals surface area contributed by atoms with Gasteiger partial charge >= 0.3 is 6.03 Å². The third-order valence-corrected chi connectivity index (χ3v) is 8.94. The number of benzene rings is 1. The van der Waals surface area contributed by atoms with Crippen LogP contribution in [0.5, 0.6) is 5.75 Å². The van der Waals surface area contributed by atoms with Gasteiger partial charge in [-0.05, 0) is 80.5 Å². The molecule has 1 aromatic carbocycles. The van der Waals surface area contributed by atoms with Gasteiger partial charge < -0.3 is 15.2 Å². The van der Waals surface area contributed by atoms with Crippen molar-refractivity contribution >= 4 is 11.9 Å². The van der Waals surface area contributed by atoms with E-state index in [0.717, 1.165) is 42.3 Å². The number of nitrogens with zero attached hydrogens (tertiary/aromatic N) is 1. The Hall–Kier alpha value is -2.12. The quantitative estimate of drug-likeness (QED) is 0.641. The van der Waals surface area contributed by atoms with Crippen LogP contribution in [0, 0.1) is 18.8 Å². The van der Waals surface area contributed by atoms with Gasteiger partial charge in [0.15, 0.2) is 0 Å². The molecule has 7 nitrogen and oxygen atoms in total. The van der Waals surface area contributed by atoms with Crippen LogP contribution in [0.1, 0.15) is 49.7 Å². The number of hydrogen-bond acceptors (Lipinski definition) is 5. The third kappa shape index (κ3) is 2.53. The summed E-state index contributed by atoms with van der Waals surface area (Å²) >= 11 is 0. The number of methoxy groups -OCH3 is 1. The minimum atomic E-state index is -0.954. The Labute approximate surface area is 182 Å². The summed E-state index contributed by atoms with van der Waals surface area (Å²) in [5.74, 6) is 1.68. The van der Waals surface area contributed by atoms with Gasteiger partial charge in [-0.1, -0.05) is 6.07 Å². The van der Waals surface area contributed by atoms with Crippen LogP contribution in [0.25, 0.3) is 0 Å². The van der Waals surface area contributed by atoms with Crippen molar-refractivity contribution < 1.29 is 19.4 Å². The number of carbonyl (C=O) groups is 2. The fourth-order valence-corrected chi connectivity index (χ4v) is 7.40. The van der Waals surface area contributed by atoms with Crippen molar-refractivity contribution in [3.63, 3.8) is 0 Å².